The average Bonchev–Trinajstić information content (AvgIpc) is 2.63. The van der Waals surface area contributed by atoms with Crippen LogP contribution in [0.15, 0.2) is 72.8 Å². The number of rotatable bonds is 4. The van der Waals surface area contributed by atoms with Crippen molar-refractivity contribution >= 4 is 28.2 Å². The molecule has 0 unspecified atom stereocenters. The normalized spacial score (nSPS) is 10.4. The monoisotopic (exact) mass is 329 g/mol. The summed E-state index contributed by atoms with van der Waals surface area (Å²) in [6, 6.07) is 24.0. The zero-order chi connectivity index (χ0) is 17.8. The Hall–Kier alpha value is -3.20. The van der Waals surface area contributed by atoms with Crippen molar-refractivity contribution in [3.05, 3.63) is 89.5 Å². The van der Waals surface area contributed by atoms with Gasteiger partial charge in [-0.2, -0.15) is 0 Å². The molecule has 0 atom stereocenters. The second-order valence-corrected chi connectivity index (χ2v) is 6.07. The second-order valence-electron chi connectivity index (χ2n) is 6.07. The van der Waals surface area contributed by atoms with Gasteiger partial charge in [-0.05, 0) is 70.7 Å². The van der Waals surface area contributed by atoms with Crippen molar-refractivity contribution in [3.63, 3.8) is 0 Å². The fourth-order valence-corrected chi connectivity index (χ4v) is 3.02. The van der Waals surface area contributed by atoms with Crippen molar-refractivity contribution in [2.24, 2.45) is 0 Å². The summed E-state index contributed by atoms with van der Waals surface area (Å²) in [6.07, 6.45) is 0.897. The molecule has 3 aromatic carbocycles. The fraction of sp³-hybridized carbons (Fsp3) is 0.0909. The molecule has 0 aliphatic carbocycles. The van der Waals surface area contributed by atoms with Crippen LogP contribution in [0.25, 0.3) is 11.1 Å². The summed E-state index contributed by atoms with van der Waals surface area (Å²) in [5.41, 5.74) is 25.8. The predicted octanol–water partition coefficient (Wildman–Crippen LogP) is 4.80. The minimum Gasteiger partial charge on any atom is -0.399 e. The minimum absolute atomic E-state index is 0.755. The molecule has 3 aromatic rings. The van der Waals surface area contributed by atoms with Gasteiger partial charge in [-0.1, -0.05) is 43.3 Å². The van der Waals surface area contributed by atoms with Crippen LogP contribution in [0.4, 0.5) is 17.1 Å². The van der Waals surface area contributed by atoms with E-state index in [9.17, 15) is 0 Å². The molecular formula is C22H23N3. The topological polar surface area (TPSA) is 78.1 Å². The molecule has 0 fully saturated rings. The molecule has 0 aromatic heterocycles. The van der Waals surface area contributed by atoms with Gasteiger partial charge in [0, 0.05) is 17.1 Å². The highest BCUT2D eigenvalue weighted by Crippen LogP contribution is 2.35. The lowest BCUT2D eigenvalue weighted by molar-refractivity contribution is 1.24. The molecule has 0 saturated heterocycles. The second kappa shape index (κ2) is 7.14. The molecular weight excluding hydrogens is 306 g/mol. The van der Waals surface area contributed by atoms with Gasteiger partial charge in [-0.25, -0.2) is 0 Å². The van der Waals surface area contributed by atoms with Gasteiger partial charge in [0.15, 0.2) is 0 Å². The summed E-state index contributed by atoms with van der Waals surface area (Å²) >= 11 is 0. The summed E-state index contributed by atoms with van der Waals surface area (Å²) in [4.78, 5) is 0. The smallest absolute Gasteiger partial charge is 0.0314 e. The highest BCUT2D eigenvalue weighted by atomic mass is 14.5. The van der Waals surface area contributed by atoms with Gasteiger partial charge in [0.2, 0.25) is 0 Å². The van der Waals surface area contributed by atoms with Crippen molar-refractivity contribution < 1.29 is 0 Å². The maximum absolute atomic E-state index is 5.88. The number of benzene rings is 3. The van der Waals surface area contributed by atoms with E-state index in [1.165, 1.54) is 16.7 Å². The van der Waals surface area contributed by atoms with E-state index in [0.29, 0.717) is 0 Å². The summed E-state index contributed by atoms with van der Waals surface area (Å²) in [5, 5.41) is 0. The molecule has 0 radical (unpaired) electrons. The maximum Gasteiger partial charge on any atom is 0.0314 e. The van der Waals surface area contributed by atoms with E-state index in [-0.39, 0.29) is 0 Å². The lowest BCUT2D eigenvalue weighted by Crippen LogP contribution is -1.97. The highest BCUT2D eigenvalue weighted by molar-refractivity contribution is 5.99. The molecule has 3 rings (SSSR count). The number of nitrogens with two attached hydrogens (primary N) is 3. The van der Waals surface area contributed by atoms with Crippen LogP contribution in [0.3, 0.4) is 0 Å². The van der Waals surface area contributed by atoms with Crippen LogP contribution in [0.2, 0.25) is 0 Å². The van der Waals surface area contributed by atoms with Gasteiger partial charge in [0.1, 0.15) is 0 Å². The van der Waals surface area contributed by atoms with Gasteiger partial charge in [0.05, 0.1) is 0 Å². The third-order valence-electron chi connectivity index (χ3n) is 4.31. The van der Waals surface area contributed by atoms with Gasteiger partial charge in [-0.15, -0.1) is 0 Å². The first-order chi connectivity index (χ1) is 12.1. The first-order valence-electron chi connectivity index (χ1n) is 8.39. The zero-order valence-electron chi connectivity index (χ0n) is 14.4. The van der Waals surface area contributed by atoms with Crippen LogP contribution in [0.1, 0.15) is 30.0 Å². The first kappa shape index (κ1) is 16.7. The molecule has 0 heterocycles. The van der Waals surface area contributed by atoms with Crippen molar-refractivity contribution in [3.8, 4) is 0 Å². The van der Waals surface area contributed by atoms with Crippen LogP contribution in [-0.4, -0.2) is 0 Å². The third-order valence-corrected chi connectivity index (χ3v) is 4.31. The van der Waals surface area contributed by atoms with E-state index in [4.69, 9.17) is 17.2 Å². The number of anilines is 3. The first-order valence-corrected chi connectivity index (χ1v) is 8.39. The van der Waals surface area contributed by atoms with Crippen molar-refractivity contribution in [1.29, 1.82) is 0 Å². The van der Waals surface area contributed by atoms with E-state index in [1.54, 1.807) is 0 Å². The van der Waals surface area contributed by atoms with Crippen LogP contribution in [0, 0.1) is 0 Å². The Morgan fingerprint density at radius 1 is 0.560 bits per heavy atom. The SMILES string of the molecule is CCC(=C(c1ccc(N)cc1)c1ccc(N)cc1)c1ccc(N)cc1. The number of hydrogen-bond donors (Lipinski definition) is 3. The van der Waals surface area contributed by atoms with Crippen LogP contribution in [0.5, 0.6) is 0 Å². The lowest BCUT2D eigenvalue weighted by atomic mass is 9.88. The maximum atomic E-state index is 5.88. The molecule has 3 heteroatoms. The third kappa shape index (κ3) is 3.66. The van der Waals surface area contributed by atoms with Crippen molar-refractivity contribution in [2.75, 3.05) is 17.2 Å². The Balaban J connectivity index is 2.25. The fourth-order valence-electron chi connectivity index (χ4n) is 3.02. The molecule has 0 aliphatic rings. The molecule has 0 aliphatic heterocycles. The van der Waals surface area contributed by atoms with E-state index in [0.717, 1.165) is 34.6 Å². The Labute approximate surface area is 148 Å². The minimum atomic E-state index is 0.755. The van der Waals surface area contributed by atoms with E-state index in [2.05, 4.69) is 43.3 Å². The number of allylic oxidation sites excluding steroid dienone is 1. The largest absolute Gasteiger partial charge is 0.399 e. The molecule has 25 heavy (non-hydrogen) atoms. The Kier molecular flexibility index (Phi) is 4.75. The summed E-state index contributed by atoms with van der Waals surface area (Å²) in [6.45, 7) is 2.17. The van der Waals surface area contributed by atoms with Crippen LogP contribution >= 0.6 is 0 Å². The van der Waals surface area contributed by atoms with Crippen LogP contribution < -0.4 is 17.2 Å². The van der Waals surface area contributed by atoms with Gasteiger partial charge in [-0.3, -0.25) is 0 Å². The van der Waals surface area contributed by atoms with Crippen molar-refractivity contribution in [1.82, 2.24) is 0 Å². The average molecular weight is 329 g/mol. The summed E-state index contributed by atoms with van der Waals surface area (Å²) < 4.78 is 0. The number of hydrogen-bond acceptors (Lipinski definition) is 3. The standard InChI is InChI=1S/C22H23N3/c1-2-21(15-3-9-18(23)10-4-15)22(16-5-11-19(24)12-6-16)17-7-13-20(25)14-8-17/h3-14H,2,23-25H2,1H3. The molecule has 0 saturated carbocycles. The molecule has 126 valence electrons. The van der Waals surface area contributed by atoms with E-state index < -0.39 is 0 Å². The Morgan fingerprint density at radius 3 is 1.20 bits per heavy atom. The van der Waals surface area contributed by atoms with Gasteiger partial charge >= 0.3 is 0 Å². The summed E-state index contributed by atoms with van der Waals surface area (Å²) in [5.74, 6) is 0. The zero-order valence-corrected chi connectivity index (χ0v) is 14.4. The molecule has 6 N–H and O–H groups in total. The number of nitrogen functional groups attached to an aromatic ring is 3. The van der Waals surface area contributed by atoms with Gasteiger partial charge < -0.3 is 17.2 Å². The van der Waals surface area contributed by atoms with Gasteiger partial charge in [0.25, 0.3) is 0 Å². The van der Waals surface area contributed by atoms with E-state index in [1.807, 2.05) is 36.4 Å². The summed E-state index contributed by atoms with van der Waals surface area (Å²) in [7, 11) is 0. The molecule has 0 amide bonds. The highest BCUT2D eigenvalue weighted by Gasteiger charge is 2.13. The lowest BCUT2D eigenvalue weighted by Gasteiger charge is -2.17. The Morgan fingerprint density at radius 2 is 0.880 bits per heavy atom. The Bertz CT molecular complexity index is 827. The molecule has 0 bridgehead atoms. The molecule has 0 spiro atoms. The van der Waals surface area contributed by atoms with Crippen LogP contribution in [-0.2, 0) is 0 Å². The predicted molar refractivity (Wildman–Crippen MR) is 109 cm³/mol. The quantitative estimate of drug-likeness (QED) is 0.475. The van der Waals surface area contributed by atoms with Crippen molar-refractivity contribution in [2.45, 2.75) is 13.3 Å². The van der Waals surface area contributed by atoms with E-state index >= 15 is 0 Å². The molecule has 3 nitrogen and oxygen atoms in total.